The molecule has 20 heavy (non-hydrogen) atoms. The monoisotopic (exact) mass is 291 g/mol. The Hall–Kier alpha value is -1.65. The van der Waals surface area contributed by atoms with Gasteiger partial charge < -0.3 is 9.84 Å². The molecule has 3 unspecified atom stereocenters. The van der Waals surface area contributed by atoms with Gasteiger partial charge in [0.15, 0.2) is 6.10 Å². The summed E-state index contributed by atoms with van der Waals surface area (Å²) < 4.78 is 56.0. The van der Waals surface area contributed by atoms with Crippen molar-refractivity contribution >= 4 is 0 Å². The molecule has 3 nitrogen and oxygen atoms in total. The number of rotatable bonds is 4. The van der Waals surface area contributed by atoms with Crippen LogP contribution in [0.4, 0.5) is 17.6 Å². The fourth-order valence-electron chi connectivity index (χ4n) is 1.44. The summed E-state index contributed by atoms with van der Waals surface area (Å²) in [5.41, 5.74) is -1.57. The summed E-state index contributed by atoms with van der Waals surface area (Å²) in [6, 6.07) is 3.91. The van der Waals surface area contributed by atoms with Gasteiger partial charge in [-0.3, -0.25) is 0 Å². The number of benzene rings is 1. The van der Waals surface area contributed by atoms with E-state index in [-0.39, 0.29) is 5.56 Å². The zero-order valence-corrected chi connectivity index (χ0v) is 10.8. The second-order valence-electron chi connectivity index (χ2n) is 4.33. The maximum absolute atomic E-state index is 13.1. The lowest BCUT2D eigenvalue weighted by molar-refractivity contribution is -0.140. The summed E-state index contributed by atoms with van der Waals surface area (Å²) in [4.78, 5) is 0. The molecule has 1 rings (SSSR count). The van der Waals surface area contributed by atoms with Gasteiger partial charge in [0.25, 0.3) is 0 Å². The van der Waals surface area contributed by atoms with E-state index >= 15 is 0 Å². The number of halogens is 4. The van der Waals surface area contributed by atoms with Gasteiger partial charge in [-0.25, -0.2) is 4.39 Å². The Kier molecular flexibility index (Phi) is 5.09. The smallest absolute Gasteiger partial charge is 0.391 e. The predicted octanol–water partition coefficient (Wildman–Crippen LogP) is 3.20. The summed E-state index contributed by atoms with van der Waals surface area (Å²) in [5, 5.41) is 18.2. The minimum atomic E-state index is -4.85. The van der Waals surface area contributed by atoms with Crippen molar-refractivity contribution in [1.82, 2.24) is 0 Å². The van der Waals surface area contributed by atoms with Crippen molar-refractivity contribution in [3.8, 4) is 6.07 Å². The minimum Gasteiger partial charge on any atom is -0.391 e. The summed E-state index contributed by atoms with van der Waals surface area (Å²) >= 11 is 0. The molecule has 0 aromatic heterocycles. The van der Waals surface area contributed by atoms with Crippen molar-refractivity contribution in [2.24, 2.45) is 0 Å². The van der Waals surface area contributed by atoms with E-state index in [2.05, 4.69) is 0 Å². The second-order valence-corrected chi connectivity index (χ2v) is 4.33. The third-order valence-corrected chi connectivity index (χ3v) is 2.75. The second kappa shape index (κ2) is 6.20. The van der Waals surface area contributed by atoms with Gasteiger partial charge in [0.05, 0.1) is 23.8 Å². The lowest BCUT2D eigenvalue weighted by atomic mass is 10.1. The predicted molar refractivity (Wildman–Crippen MR) is 62.0 cm³/mol. The van der Waals surface area contributed by atoms with Gasteiger partial charge >= 0.3 is 6.18 Å². The van der Waals surface area contributed by atoms with E-state index < -0.39 is 35.9 Å². The van der Waals surface area contributed by atoms with E-state index in [1.807, 2.05) is 0 Å². The van der Waals surface area contributed by atoms with Gasteiger partial charge in [-0.1, -0.05) is 6.07 Å². The molecule has 1 aromatic carbocycles. The van der Waals surface area contributed by atoms with Crippen LogP contribution in [0.5, 0.6) is 0 Å². The number of ether oxygens (including phenoxy) is 1. The van der Waals surface area contributed by atoms with Crippen LogP contribution in [0.15, 0.2) is 18.2 Å². The first-order chi connectivity index (χ1) is 9.16. The molecule has 0 aliphatic rings. The fraction of sp³-hybridized carbons (Fsp3) is 0.462. The maximum Gasteiger partial charge on any atom is 0.419 e. The number of aliphatic hydroxyl groups excluding tert-OH is 1. The van der Waals surface area contributed by atoms with E-state index in [4.69, 9.17) is 10.00 Å². The Labute approximate surface area is 113 Å². The van der Waals surface area contributed by atoms with Gasteiger partial charge in [0.1, 0.15) is 5.82 Å². The van der Waals surface area contributed by atoms with E-state index in [9.17, 15) is 22.7 Å². The van der Waals surface area contributed by atoms with Crippen LogP contribution in [0.3, 0.4) is 0 Å². The van der Waals surface area contributed by atoms with Crippen molar-refractivity contribution in [3.63, 3.8) is 0 Å². The molecular formula is C13H13F4NO2. The van der Waals surface area contributed by atoms with Gasteiger partial charge in [-0.2, -0.15) is 18.4 Å². The molecule has 3 atom stereocenters. The van der Waals surface area contributed by atoms with E-state index in [0.29, 0.717) is 12.1 Å². The highest BCUT2D eigenvalue weighted by Crippen LogP contribution is 2.33. The standard InChI is InChI=1S/C13H13F4NO2/c1-7(19)8(2)20-12(6-18)9-3-4-11(14)10(5-9)13(15,16)17/h3-5,7-8,12,19H,1-2H3. The lowest BCUT2D eigenvalue weighted by Gasteiger charge is -2.20. The summed E-state index contributed by atoms with van der Waals surface area (Å²) in [6.07, 6.45) is -7.82. The molecule has 0 spiro atoms. The Morgan fingerprint density at radius 2 is 1.90 bits per heavy atom. The third kappa shape index (κ3) is 3.92. The van der Waals surface area contributed by atoms with Crippen molar-refractivity contribution in [2.75, 3.05) is 0 Å². The Bertz CT molecular complexity index is 508. The van der Waals surface area contributed by atoms with Crippen molar-refractivity contribution < 1.29 is 27.4 Å². The highest BCUT2D eigenvalue weighted by atomic mass is 19.4. The largest absolute Gasteiger partial charge is 0.419 e. The quantitative estimate of drug-likeness (QED) is 0.867. The van der Waals surface area contributed by atoms with Gasteiger partial charge in [-0.15, -0.1) is 0 Å². The Morgan fingerprint density at radius 1 is 1.30 bits per heavy atom. The number of alkyl halides is 3. The summed E-state index contributed by atoms with van der Waals surface area (Å²) in [5.74, 6) is -1.42. The van der Waals surface area contributed by atoms with Crippen molar-refractivity contribution in [1.29, 1.82) is 5.26 Å². The van der Waals surface area contributed by atoms with Crippen molar-refractivity contribution in [2.45, 2.75) is 38.3 Å². The molecule has 0 radical (unpaired) electrons. The number of nitrogens with zero attached hydrogens (tertiary/aromatic N) is 1. The number of hydrogen-bond acceptors (Lipinski definition) is 3. The zero-order chi connectivity index (χ0) is 15.5. The van der Waals surface area contributed by atoms with Crippen LogP contribution in [0.25, 0.3) is 0 Å². The molecule has 0 saturated carbocycles. The van der Waals surface area contributed by atoms with Crippen LogP contribution < -0.4 is 0 Å². The Morgan fingerprint density at radius 3 is 2.35 bits per heavy atom. The van der Waals surface area contributed by atoms with E-state index in [1.54, 1.807) is 6.07 Å². The molecule has 0 bridgehead atoms. The molecule has 0 fully saturated rings. The molecule has 0 saturated heterocycles. The summed E-state index contributed by atoms with van der Waals surface area (Å²) in [6.45, 7) is 2.90. The minimum absolute atomic E-state index is 0.117. The fourth-order valence-corrected chi connectivity index (χ4v) is 1.44. The first-order valence-electron chi connectivity index (χ1n) is 5.76. The molecule has 110 valence electrons. The topological polar surface area (TPSA) is 53.2 Å². The molecule has 0 amide bonds. The normalized spacial score (nSPS) is 16.3. The van der Waals surface area contributed by atoms with E-state index in [1.165, 1.54) is 13.8 Å². The third-order valence-electron chi connectivity index (χ3n) is 2.75. The molecule has 1 aromatic rings. The van der Waals surface area contributed by atoms with Gasteiger partial charge in [-0.05, 0) is 31.5 Å². The number of aliphatic hydroxyl groups is 1. The average molecular weight is 291 g/mol. The first-order valence-corrected chi connectivity index (χ1v) is 5.76. The van der Waals surface area contributed by atoms with Crippen LogP contribution in [0.2, 0.25) is 0 Å². The molecule has 0 aliphatic carbocycles. The lowest BCUT2D eigenvalue weighted by Crippen LogP contribution is -2.24. The maximum atomic E-state index is 13.1. The Balaban J connectivity index is 3.09. The van der Waals surface area contributed by atoms with Crippen LogP contribution in [-0.2, 0) is 10.9 Å². The molecule has 7 heteroatoms. The SMILES string of the molecule is CC(O)C(C)OC(C#N)c1ccc(F)c(C(F)(F)F)c1. The van der Waals surface area contributed by atoms with Gasteiger partial charge in [0, 0.05) is 0 Å². The summed E-state index contributed by atoms with van der Waals surface area (Å²) in [7, 11) is 0. The molecule has 0 heterocycles. The highest BCUT2D eigenvalue weighted by molar-refractivity contribution is 5.31. The average Bonchev–Trinajstić information content (AvgIpc) is 2.34. The molecule has 0 aliphatic heterocycles. The van der Waals surface area contributed by atoms with Crippen LogP contribution >= 0.6 is 0 Å². The van der Waals surface area contributed by atoms with Crippen LogP contribution in [0.1, 0.15) is 31.1 Å². The van der Waals surface area contributed by atoms with E-state index in [0.717, 1.165) is 6.07 Å². The first kappa shape index (κ1) is 16.4. The molecular weight excluding hydrogens is 278 g/mol. The number of hydrogen-bond donors (Lipinski definition) is 1. The zero-order valence-electron chi connectivity index (χ0n) is 10.8. The highest BCUT2D eigenvalue weighted by Gasteiger charge is 2.35. The number of nitriles is 1. The van der Waals surface area contributed by atoms with Crippen LogP contribution in [0, 0.1) is 17.1 Å². The van der Waals surface area contributed by atoms with Gasteiger partial charge in [0.2, 0.25) is 0 Å². The molecule has 1 N–H and O–H groups in total. The van der Waals surface area contributed by atoms with Crippen molar-refractivity contribution in [3.05, 3.63) is 35.1 Å². The van der Waals surface area contributed by atoms with Crippen LogP contribution in [-0.4, -0.2) is 17.3 Å².